The van der Waals surface area contributed by atoms with Crippen molar-refractivity contribution >= 4 is 22.7 Å². The lowest BCUT2D eigenvalue weighted by Crippen LogP contribution is -2.24. The van der Waals surface area contributed by atoms with E-state index in [4.69, 9.17) is 5.26 Å². The molecule has 146 valence electrons. The fourth-order valence-corrected chi connectivity index (χ4v) is 4.56. The minimum absolute atomic E-state index is 0.695. The third kappa shape index (κ3) is 2.98. The fourth-order valence-electron chi connectivity index (χ4n) is 4.56. The molecule has 1 aliphatic carbocycles. The molecule has 30 heavy (non-hydrogen) atoms. The maximum atomic E-state index is 9.10. The van der Waals surface area contributed by atoms with Gasteiger partial charge in [-0.2, -0.15) is 5.26 Å². The number of fused-ring (bicyclic) bond motifs is 3. The van der Waals surface area contributed by atoms with Gasteiger partial charge in [-0.3, -0.25) is 0 Å². The van der Waals surface area contributed by atoms with Crippen molar-refractivity contribution in [2.75, 3.05) is 11.4 Å². The topological polar surface area (TPSA) is 32.0 Å². The molecule has 3 nitrogen and oxygen atoms in total. The Morgan fingerprint density at radius 2 is 1.63 bits per heavy atom. The Morgan fingerprint density at radius 3 is 2.37 bits per heavy atom. The van der Waals surface area contributed by atoms with Crippen LogP contribution in [0.4, 0.5) is 5.69 Å². The zero-order valence-corrected chi connectivity index (χ0v) is 17.0. The summed E-state index contributed by atoms with van der Waals surface area (Å²) in [4.78, 5) is 2.36. The van der Waals surface area contributed by atoms with Crippen LogP contribution in [-0.4, -0.2) is 11.1 Å². The molecule has 1 heterocycles. The molecule has 0 atom stereocenters. The smallest absolute Gasteiger partial charge is 0.0991 e. The molecule has 0 radical (unpaired) electrons. The average Bonchev–Trinajstić information content (AvgIpc) is 3.14. The zero-order chi connectivity index (χ0) is 20.5. The lowest BCUT2D eigenvalue weighted by molar-refractivity contribution is 0.804. The highest BCUT2D eigenvalue weighted by Gasteiger charge is 2.23. The predicted octanol–water partition coefficient (Wildman–Crippen LogP) is 6.32. The Balaban J connectivity index is 1.65. The molecule has 0 spiro atoms. The minimum Gasteiger partial charge on any atom is -0.345 e. The summed E-state index contributed by atoms with van der Waals surface area (Å²) in [7, 11) is 0. The molecule has 5 rings (SSSR count). The molecule has 4 aromatic rings. The van der Waals surface area contributed by atoms with Gasteiger partial charge in [-0.05, 0) is 68.3 Å². The summed E-state index contributed by atoms with van der Waals surface area (Å²) in [6.45, 7) is 3.08. The van der Waals surface area contributed by atoms with Crippen LogP contribution in [0.25, 0.3) is 22.7 Å². The molecule has 0 N–H and O–H groups in total. The molecule has 0 fully saturated rings. The van der Waals surface area contributed by atoms with Crippen LogP contribution >= 0.6 is 0 Å². The monoisotopic (exact) mass is 389 g/mol. The summed E-state index contributed by atoms with van der Waals surface area (Å²) in [5.74, 6) is 0. The summed E-state index contributed by atoms with van der Waals surface area (Å²) in [5.41, 5.74) is 8.33. The zero-order valence-electron chi connectivity index (χ0n) is 17.0. The van der Waals surface area contributed by atoms with Crippen molar-refractivity contribution in [3.05, 3.63) is 101 Å². The first-order valence-corrected chi connectivity index (χ1v) is 10.5. The van der Waals surface area contributed by atoms with E-state index in [1.807, 2.05) is 24.3 Å². The second kappa shape index (κ2) is 7.57. The Morgan fingerprint density at radius 1 is 0.900 bits per heavy atom. The van der Waals surface area contributed by atoms with E-state index in [-0.39, 0.29) is 0 Å². The molecule has 0 amide bonds. The maximum Gasteiger partial charge on any atom is 0.0991 e. The van der Waals surface area contributed by atoms with E-state index in [9.17, 15) is 0 Å². The van der Waals surface area contributed by atoms with Crippen LogP contribution < -0.4 is 4.90 Å². The van der Waals surface area contributed by atoms with Crippen molar-refractivity contribution in [2.24, 2.45) is 0 Å². The van der Waals surface area contributed by atoms with Crippen molar-refractivity contribution in [1.29, 1.82) is 5.26 Å². The summed E-state index contributed by atoms with van der Waals surface area (Å²) in [6, 6.07) is 29.4. The first kappa shape index (κ1) is 18.3. The Hall–Kier alpha value is -3.77. The maximum absolute atomic E-state index is 9.10. The van der Waals surface area contributed by atoms with Gasteiger partial charge in [-0.1, -0.05) is 36.4 Å². The standard InChI is InChI=1S/C27H23N3/c1-2-29(21-14-12-20(19-28)13-15-21)23-16-17-27-25(18-23)24-10-6-7-11-26(24)30(27)22-8-4-3-5-9-22/h3-15,18H,2,16-17H2,1H3. The number of nitrogens with zero attached hydrogens (tertiary/aromatic N) is 3. The van der Waals surface area contributed by atoms with Crippen molar-refractivity contribution in [3.8, 4) is 11.8 Å². The Bertz CT molecular complexity index is 1270. The highest BCUT2D eigenvalue weighted by molar-refractivity contribution is 5.94. The molecule has 0 aliphatic heterocycles. The van der Waals surface area contributed by atoms with E-state index in [0.29, 0.717) is 5.56 Å². The van der Waals surface area contributed by atoms with Crippen molar-refractivity contribution < 1.29 is 0 Å². The summed E-state index contributed by atoms with van der Waals surface area (Å²) in [6.07, 6.45) is 4.35. The molecule has 0 saturated carbocycles. The van der Waals surface area contributed by atoms with Crippen LogP contribution in [0.1, 0.15) is 30.2 Å². The van der Waals surface area contributed by atoms with Crippen molar-refractivity contribution in [1.82, 2.24) is 4.57 Å². The lowest BCUT2D eigenvalue weighted by Gasteiger charge is -2.29. The summed E-state index contributed by atoms with van der Waals surface area (Å²) < 4.78 is 2.41. The molecule has 1 aromatic heterocycles. The number of nitriles is 1. The number of para-hydroxylation sites is 2. The van der Waals surface area contributed by atoms with Gasteiger partial charge in [0, 0.05) is 40.3 Å². The molecular formula is C27H23N3. The quantitative estimate of drug-likeness (QED) is 0.409. The highest BCUT2D eigenvalue weighted by atomic mass is 15.1. The summed E-state index contributed by atoms with van der Waals surface area (Å²) in [5, 5.41) is 10.4. The highest BCUT2D eigenvalue weighted by Crippen LogP contribution is 2.37. The van der Waals surface area contributed by atoms with Crippen LogP contribution in [-0.2, 0) is 6.42 Å². The Labute approximate surface area is 177 Å². The molecular weight excluding hydrogens is 366 g/mol. The number of aromatic nitrogens is 1. The number of benzene rings is 3. The molecule has 0 saturated heterocycles. The second-order valence-corrected chi connectivity index (χ2v) is 7.59. The van der Waals surface area contributed by atoms with Crippen molar-refractivity contribution in [3.63, 3.8) is 0 Å². The van der Waals surface area contributed by atoms with Gasteiger partial charge in [0.05, 0.1) is 17.1 Å². The summed E-state index contributed by atoms with van der Waals surface area (Å²) >= 11 is 0. The van der Waals surface area contributed by atoms with Gasteiger partial charge in [-0.25, -0.2) is 0 Å². The van der Waals surface area contributed by atoms with E-state index >= 15 is 0 Å². The normalized spacial score (nSPS) is 12.9. The number of anilines is 1. The molecule has 1 aliphatic rings. The van der Waals surface area contributed by atoms with Gasteiger partial charge in [0.25, 0.3) is 0 Å². The first-order valence-electron chi connectivity index (χ1n) is 10.5. The average molecular weight is 390 g/mol. The number of hydrogen-bond donors (Lipinski definition) is 0. The lowest BCUT2D eigenvalue weighted by atomic mass is 9.98. The Kier molecular flexibility index (Phi) is 4.61. The third-order valence-corrected chi connectivity index (χ3v) is 5.93. The molecule has 0 bridgehead atoms. The van der Waals surface area contributed by atoms with E-state index < -0.39 is 0 Å². The van der Waals surface area contributed by atoms with E-state index in [0.717, 1.165) is 25.1 Å². The van der Waals surface area contributed by atoms with Gasteiger partial charge in [0.1, 0.15) is 0 Å². The van der Waals surface area contributed by atoms with Crippen LogP contribution in [0.3, 0.4) is 0 Å². The van der Waals surface area contributed by atoms with E-state index in [1.54, 1.807) is 0 Å². The van der Waals surface area contributed by atoms with E-state index in [2.05, 4.69) is 83.1 Å². The van der Waals surface area contributed by atoms with Crippen LogP contribution in [0, 0.1) is 11.3 Å². The van der Waals surface area contributed by atoms with Gasteiger partial charge in [0.2, 0.25) is 0 Å². The molecule has 0 unspecified atom stereocenters. The van der Waals surface area contributed by atoms with Gasteiger partial charge < -0.3 is 9.47 Å². The molecule has 3 heteroatoms. The van der Waals surface area contributed by atoms with Crippen LogP contribution in [0.2, 0.25) is 0 Å². The molecule has 3 aromatic carbocycles. The first-order chi connectivity index (χ1) is 14.8. The van der Waals surface area contributed by atoms with Gasteiger partial charge >= 0.3 is 0 Å². The minimum atomic E-state index is 0.695. The number of allylic oxidation sites excluding steroid dienone is 1. The third-order valence-electron chi connectivity index (χ3n) is 5.93. The number of rotatable bonds is 4. The SMILES string of the molecule is CCN(C1=Cc2c(n(-c3ccccc3)c3ccccc23)CC1)c1ccc(C#N)cc1. The van der Waals surface area contributed by atoms with Gasteiger partial charge in [0.15, 0.2) is 0 Å². The van der Waals surface area contributed by atoms with Crippen LogP contribution in [0.5, 0.6) is 0 Å². The predicted molar refractivity (Wildman–Crippen MR) is 124 cm³/mol. The van der Waals surface area contributed by atoms with Crippen molar-refractivity contribution in [2.45, 2.75) is 19.8 Å². The van der Waals surface area contributed by atoms with E-state index in [1.165, 1.54) is 33.5 Å². The fraction of sp³-hybridized carbons (Fsp3) is 0.148. The van der Waals surface area contributed by atoms with Gasteiger partial charge in [-0.15, -0.1) is 0 Å². The van der Waals surface area contributed by atoms with Crippen LogP contribution in [0.15, 0.2) is 84.6 Å². The second-order valence-electron chi connectivity index (χ2n) is 7.59. The number of hydrogen-bond acceptors (Lipinski definition) is 2. The largest absolute Gasteiger partial charge is 0.345 e.